The third-order valence-electron chi connectivity index (χ3n) is 3.27. The van der Waals surface area contributed by atoms with Crippen LogP contribution in [0.2, 0.25) is 0 Å². The largest absolute Gasteiger partial charge is 0.311 e. The van der Waals surface area contributed by atoms with Gasteiger partial charge in [0.15, 0.2) is 0 Å². The molecule has 2 rings (SSSR count). The van der Waals surface area contributed by atoms with E-state index in [1.807, 2.05) is 0 Å². The van der Waals surface area contributed by atoms with E-state index in [0.29, 0.717) is 12.1 Å². The highest BCUT2D eigenvalue weighted by Gasteiger charge is 2.30. The molecule has 0 unspecified atom stereocenters. The molecule has 0 atom stereocenters. The van der Waals surface area contributed by atoms with Crippen molar-refractivity contribution in [3.8, 4) is 0 Å². The average Bonchev–Trinajstić information content (AvgIpc) is 2.06. The second-order valence-electron chi connectivity index (χ2n) is 4.51. The van der Waals surface area contributed by atoms with Crippen molar-refractivity contribution in [2.45, 2.75) is 43.9 Å². The molecule has 0 radical (unpaired) electrons. The van der Waals surface area contributed by atoms with Crippen molar-refractivity contribution >= 4 is 0 Å². The minimum absolute atomic E-state index is 0.475. The number of nitrogens with one attached hydrogen (secondary N) is 1. The van der Waals surface area contributed by atoms with Gasteiger partial charge in [0.05, 0.1) is 0 Å². The lowest BCUT2D eigenvalue weighted by Gasteiger charge is -2.37. The first-order chi connectivity index (χ1) is 6.24. The van der Waals surface area contributed by atoms with Crippen LogP contribution in [-0.4, -0.2) is 43.3 Å². The first kappa shape index (κ1) is 9.41. The average molecular weight is 186 g/mol. The Balaban J connectivity index is 1.65. The molecule has 0 spiro atoms. The number of likely N-dealkylation sites (tertiary alicyclic amines) is 1. The molecular weight excluding hydrogens is 167 g/mol. The van der Waals surface area contributed by atoms with Crippen LogP contribution in [-0.2, 0) is 0 Å². The Morgan fingerprint density at radius 3 is 2.31 bits per heavy atom. The molecule has 0 aromatic carbocycles. The Hall–Kier alpha value is -0.150. The van der Waals surface area contributed by atoms with Crippen LogP contribution < -0.4 is 5.32 Å². The van der Waals surface area contributed by atoms with Crippen molar-refractivity contribution in [3.63, 3.8) is 0 Å². The van der Waals surface area contributed by atoms with Gasteiger partial charge in [-0.15, -0.1) is 0 Å². The summed E-state index contributed by atoms with van der Waals surface area (Å²) in [4.78, 5) is 2.36. The summed E-state index contributed by atoms with van der Waals surface area (Å²) >= 11 is 0. The summed E-state index contributed by atoms with van der Waals surface area (Å²) in [5.74, 6) is 0. The van der Waals surface area contributed by atoms with Crippen LogP contribution in [0.5, 0.6) is 0 Å². The lowest BCUT2D eigenvalue weighted by atomic mass is 9.89. The van der Waals surface area contributed by atoms with Crippen LogP contribution in [0, 0.1) is 0 Å². The molecule has 2 nitrogen and oxygen atoms in total. The maximum absolute atomic E-state index is 12.5. The van der Waals surface area contributed by atoms with Gasteiger partial charge in [-0.2, -0.15) is 0 Å². The summed E-state index contributed by atoms with van der Waals surface area (Å²) in [5, 5.41) is 3.54. The lowest BCUT2D eigenvalue weighted by molar-refractivity contribution is 0.130. The van der Waals surface area contributed by atoms with Gasteiger partial charge in [0.2, 0.25) is 0 Å². The SMILES string of the molecule is CN1CCC(NC2CC(F)C2)CC1. The van der Waals surface area contributed by atoms with Crippen LogP contribution in [0.15, 0.2) is 0 Å². The summed E-state index contributed by atoms with van der Waals surface area (Å²) in [6.07, 6.45) is 3.41. The summed E-state index contributed by atoms with van der Waals surface area (Å²) in [6, 6.07) is 1.12. The van der Waals surface area contributed by atoms with Crippen LogP contribution in [0.1, 0.15) is 25.7 Å². The summed E-state index contributed by atoms with van der Waals surface area (Å²) in [7, 11) is 2.16. The first-order valence-corrected chi connectivity index (χ1v) is 5.32. The van der Waals surface area contributed by atoms with E-state index in [1.165, 1.54) is 25.9 Å². The predicted molar refractivity (Wildman–Crippen MR) is 51.6 cm³/mol. The fourth-order valence-corrected chi connectivity index (χ4v) is 2.19. The van der Waals surface area contributed by atoms with E-state index in [0.717, 1.165) is 12.8 Å². The molecule has 2 fully saturated rings. The molecule has 3 heteroatoms. The summed E-state index contributed by atoms with van der Waals surface area (Å²) in [6.45, 7) is 2.37. The molecule has 0 amide bonds. The quantitative estimate of drug-likeness (QED) is 0.696. The van der Waals surface area contributed by atoms with E-state index >= 15 is 0 Å². The fourth-order valence-electron chi connectivity index (χ4n) is 2.19. The van der Waals surface area contributed by atoms with E-state index in [-0.39, 0.29) is 0 Å². The third kappa shape index (κ3) is 2.41. The van der Waals surface area contributed by atoms with E-state index in [2.05, 4.69) is 17.3 Å². The number of nitrogens with zero attached hydrogens (tertiary/aromatic N) is 1. The van der Waals surface area contributed by atoms with Crippen molar-refractivity contribution < 1.29 is 4.39 Å². The van der Waals surface area contributed by atoms with Crippen molar-refractivity contribution in [2.24, 2.45) is 0 Å². The van der Waals surface area contributed by atoms with Crippen LogP contribution in [0.4, 0.5) is 4.39 Å². The fraction of sp³-hybridized carbons (Fsp3) is 1.00. The topological polar surface area (TPSA) is 15.3 Å². The van der Waals surface area contributed by atoms with Crippen molar-refractivity contribution in [1.29, 1.82) is 0 Å². The number of alkyl halides is 1. The molecule has 2 aliphatic rings. The van der Waals surface area contributed by atoms with Crippen molar-refractivity contribution in [1.82, 2.24) is 10.2 Å². The first-order valence-electron chi connectivity index (χ1n) is 5.32. The van der Waals surface area contributed by atoms with Crippen molar-refractivity contribution in [3.05, 3.63) is 0 Å². The highest BCUT2D eigenvalue weighted by Crippen LogP contribution is 2.24. The molecule has 1 aliphatic carbocycles. The molecule has 0 aromatic heterocycles. The zero-order valence-electron chi connectivity index (χ0n) is 8.30. The maximum atomic E-state index is 12.5. The van der Waals surface area contributed by atoms with E-state index < -0.39 is 6.17 Å². The number of hydrogen-bond donors (Lipinski definition) is 1. The molecule has 76 valence electrons. The van der Waals surface area contributed by atoms with Gasteiger partial charge >= 0.3 is 0 Å². The zero-order chi connectivity index (χ0) is 9.26. The number of halogens is 1. The third-order valence-corrected chi connectivity index (χ3v) is 3.27. The van der Waals surface area contributed by atoms with Gasteiger partial charge < -0.3 is 10.2 Å². The van der Waals surface area contributed by atoms with Crippen LogP contribution in [0.25, 0.3) is 0 Å². The summed E-state index contributed by atoms with van der Waals surface area (Å²) < 4.78 is 12.5. The molecular formula is C10H19FN2. The standard InChI is InChI=1S/C10H19FN2/c1-13-4-2-9(3-5-13)12-10-6-8(11)7-10/h8-10,12H,2-7H2,1H3. The highest BCUT2D eigenvalue weighted by atomic mass is 19.1. The Morgan fingerprint density at radius 1 is 1.15 bits per heavy atom. The number of rotatable bonds is 2. The zero-order valence-corrected chi connectivity index (χ0v) is 8.30. The van der Waals surface area contributed by atoms with Crippen LogP contribution in [0.3, 0.4) is 0 Å². The van der Waals surface area contributed by atoms with Gasteiger partial charge in [0, 0.05) is 12.1 Å². The molecule has 1 saturated heterocycles. The normalized spacial score (nSPS) is 37.4. The lowest BCUT2D eigenvalue weighted by Crippen LogP contribution is -2.50. The minimum atomic E-state index is -0.524. The van der Waals surface area contributed by atoms with Gasteiger partial charge in [0.1, 0.15) is 6.17 Å². The Kier molecular flexibility index (Phi) is 2.84. The predicted octanol–water partition coefficient (Wildman–Crippen LogP) is 1.17. The number of piperidine rings is 1. The molecule has 13 heavy (non-hydrogen) atoms. The Bertz CT molecular complexity index is 160. The second kappa shape index (κ2) is 3.93. The van der Waals surface area contributed by atoms with E-state index in [4.69, 9.17) is 0 Å². The molecule has 1 aliphatic heterocycles. The monoisotopic (exact) mass is 186 g/mol. The smallest absolute Gasteiger partial charge is 0.103 e. The van der Waals surface area contributed by atoms with Gasteiger partial charge in [-0.1, -0.05) is 0 Å². The molecule has 1 saturated carbocycles. The van der Waals surface area contributed by atoms with E-state index in [9.17, 15) is 4.39 Å². The van der Waals surface area contributed by atoms with Crippen LogP contribution >= 0.6 is 0 Å². The Morgan fingerprint density at radius 2 is 1.77 bits per heavy atom. The molecule has 1 N–H and O–H groups in total. The van der Waals surface area contributed by atoms with Crippen molar-refractivity contribution in [2.75, 3.05) is 20.1 Å². The maximum Gasteiger partial charge on any atom is 0.103 e. The highest BCUT2D eigenvalue weighted by molar-refractivity contribution is 4.88. The van der Waals surface area contributed by atoms with Gasteiger partial charge in [-0.3, -0.25) is 0 Å². The Labute approximate surface area is 79.5 Å². The van der Waals surface area contributed by atoms with E-state index in [1.54, 1.807) is 0 Å². The minimum Gasteiger partial charge on any atom is -0.311 e. The van der Waals surface area contributed by atoms with Gasteiger partial charge in [-0.25, -0.2) is 4.39 Å². The molecule has 0 aromatic rings. The summed E-state index contributed by atoms with van der Waals surface area (Å²) in [5.41, 5.74) is 0. The van der Waals surface area contributed by atoms with Gasteiger partial charge in [0.25, 0.3) is 0 Å². The number of hydrogen-bond acceptors (Lipinski definition) is 2. The molecule has 0 bridgehead atoms. The second-order valence-corrected chi connectivity index (χ2v) is 4.51. The van der Waals surface area contributed by atoms with Gasteiger partial charge in [-0.05, 0) is 45.8 Å². The molecule has 1 heterocycles.